The first-order valence-corrected chi connectivity index (χ1v) is 9.57. The van der Waals surface area contributed by atoms with E-state index < -0.39 is 0 Å². The van der Waals surface area contributed by atoms with Crippen molar-refractivity contribution in [3.63, 3.8) is 0 Å². The SMILES string of the molecule is CCN(Cc1ccccc1)C(=O)CNC(=O)c1oc2ccc(Br)cc2c1C. The Bertz CT molecular complexity index is 966. The molecule has 27 heavy (non-hydrogen) atoms. The molecule has 0 saturated carbocycles. The van der Waals surface area contributed by atoms with Crippen LogP contribution in [-0.2, 0) is 11.3 Å². The number of nitrogens with zero attached hydrogens (tertiary/aromatic N) is 1. The van der Waals surface area contributed by atoms with Gasteiger partial charge in [0.05, 0.1) is 6.54 Å². The lowest BCUT2D eigenvalue weighted by atomic mass is 10.1. The van der Waals surface area contributed by atoms with E-state index in [1.165, 1.54) is 0 Å². The number of amides is 2. The Hall–Kier alpha value is -2.60. The summed E-state index contributed by atoms with van der Waals surface area (Å²) in [5.41, 5.74) is 2.46. The molecule has 0 aliphatic heterocycles. The molecule has 5 nitrogen and oxygen atoms in total. The number of nitrogens with one attached hydrogen (secondary N) is 1. The first-order valence-electron chi connectivity index (χ1n) is 8.78. The maximum absolute atomic E-state index is 12.5. The van der Waals surface area contributed by atoms with Crippen molar-refractivity contribution in [1.82, 2.24) is 10.2 Å². The van der Waals surface area contributed by atoms with Gasteiger partial charge in [-0.25, -0.2) is 0 Å². The van der Waals surface area contributed by atoms with Gasteiger partial charge in [-0.2, -0.15) is 0 Å². The van der Waals surface area contributed by atoms with E-state index in [4.69, 9.17) is 4.42 Å². The minimum absolute atomic E-state index is 0.0698. The highest BCUT2D eigenvalue weighted by molar-refractivity contribution is 9.10. The Kier molecular flexibility index (Phi) is 5.96. The van der Waals surface area contributed by atoms with Crippen LogP contribution in [0, 0.1) is 6.92 Å². The van der Waals surface area contributed by atoms with Gasteiger partial charge in [-0.05, 0) is 37.6 Å². The number of halogens is 1. The monoisotopic (exact) mass is 428 g/mol. The molecule has 0 atom stereocenters. The van der Waals surface area contributed by atoms with Gasteiger partial charge in [0, 0.05) is 28.5 Å². The normalized spacial score (nSPS) is 10.8. The average Bonchev–Trinajstić information content (AvgIpc) is 3.01. The fourth-order valence-corrected chi connectivity index (χ4v) is 3.30. The highest BCUT2D eigenvalue weighted by atomic mass is 79.9. The van der Waals surface area contributed by atoms with Gasteiger partial charge in [-0.3, -0.25) is 9.59 Å². The van der Waals surface area contributed by atoms with Gasteiger partial charge in [0.15, 0.2) is 5.76 Å². The molecular formula is C21H21BrN2O3. The predicted molar refractivity (Wildman–Crippen MR) is 109 cm³/mol. The highest BCUT2D eigenvalue weighted by Gasteiger charge is 2.20. The van der Waals surface area contributed by atoms with Gasteiger partial charge in [-0.1, -0.05) is 46.3 Å². The Morgan fingerprint density at radius 2 is 1.89 bits per heavy atom. The van der Waals surface area contributed by atoms with E-state index in [1.54, 1.807) is 4.90 Å². The van der Waals surface area contributed by atoms with E-state index >= 15 is 0 Å². The molecule has 0 spiro atoms. The molecule has 0 radical (unpaired) electrons. The predicted octanol–water partition coefficient (Wildman–Crippen LogP) is 4.28. The third-order valence-corrected chi connectivity index (χ3v) is 4.95. The van der Waals surface area contributed by atoms with Crippen molar-refractivity contribution >= 4 is 38.7 Å². The van der Waals surface area contributed by atoms with Crippen molar-refractivity contribution in [1.29, 1.82) is 0 Å². The van der Waals surface area contributed by atoms with E-state index in [0.717, 1.165) is 21.0 Å². The Morgan fingerprint density at radius 3 is 2.59 bits per heavy atom. The van der Waals surface area contributed by atoms with Crippen molar-refractivity contribution in [2.24, 2.45) is 0 Å². The van der Waals surface area contributed by atoms with Gasteiger partial charge in [-0.15, -0.1) is 0 Å². The molecule has 2 amide bonds. The summed E-state index contributed by atoms with van der Waals surface area (Å²) in [5, 5.41) is 3.56. The van der Waals surface area contributed by atoms with Crippen LogP contribution in [0.2, 0.25) is 0 Å². The number of likely N-dealkylation sites (N-methyl/N-ethyl adjacent to an activating group) is 1. The van der Waals surface area contributed by atoms with Crippen molar-refractivity contribution in [3.05, 3.63) is 69.9 Å². The lowest BCUT2D eigenvalue weighted by Gasteiger charge is -2.21. The standard InChI is InChI=1S/C21H21BrN2O3/c1-3-24(13-15-7-5-4-6-8-15)19(25)12-23-21(26)20-14(2)17-11-16(22)9-10-18(17)27-20/h4-11H,3,12-13H2,1-2H3,(H,23,26). The number of carbonyl (C=O) groups is 2. The summed E-state index contributed by atoms with van der Waals surface area (Å²) in [6.45, 7) is 4.78. The largest absolute Gasteiger partial charge is 0.451 e. The van der Waals surface area contributed by atoms with Gasteiger partial charge in [0.1, 0.15) is 5.58 Å². The van der Waals surface area contributed by atoms with Gasteiger partial charge in [0.2, 0.25) is 5.91 Å². The average molecular weight is 429 g/mol. The summed E-state index contributed by atoms with van der Waals surface area (Å²) in [7, 11) is 0. The van der Waals surface area contributed by atoms with Gasteiger partial charge < -0.3 is 14.6 Å². The molecular weight excluding hydrogens is 408 g/mol. The Labute approximate surface area is 166 Å². The summed E-state index contributed by atoms with van der Waals surface area (Å²) in [6.07, 6.45) is 0. The summed E-state index contributed by atoms with van der Waals surface area (Å²) in [4.78, 5) is 26.7. The van der Waals surface area contributed by atoms with Crippen LogP contribution in [-0.4, -0.2) is 29.8 Å². The molecule has 0 unspecified atom stereocenters. The zero-order valence-corrected chi connectivity index (χ0v) is 16.9. The molecule has 0 fully saturated rings. The van der Waals surface area contributed by atoms with Crippen LogP contribution in [0.3, 0.4) is 0 Å². The molecule has 1 heterocycles. The number of benzene rings is 2. The number of fused-ring (bicyclic) bond motifs is 1. The van der Waals surface area contributed by atoms with Crippen LogP contribution in [0.5, 0.6) is 0 Å². The van der Waals surface area contributed by atoms with E-state index in [2.05, 4.69) is 21.2 Å². The first kappa shape index (κ1) is 19.2. The minimum atomic E-state index is -0.385. The molecule has 0 saturated heterocycles. The minimum Gasteiger partial charge on any atom is -0.451 e. The van der Waals surface area contributed by atoms with Crippen LogP contribution in [0.15, 0.2) is 57.4 Å². The van der Waals surface area contributed by atoms with Crippen LogP contribution in [0.1, 0.15) is 28.6 Å². The lowest BCUT2D eigenvalue weighted by molar-refractivity contribution is -0.130. The number of aryl methyl sites for hydroxylation is 1. The smallest absolute Gasteiger partial charge is 0.287 e. The number of carbonyl (C=O) groups excluding carboxylic acids is 2. The van der Waals surface area contributed by atoms with Crippen LogP contribution in [0.4, 0.5) is 0 Å². The second kappa shape index (κ2) is 8.39. The molecule has 3 rings (SSSR count). The molecule has 3 aromatic rings. The number of furan rings is 1. The van der Waals surface area contributed by atoms with Crippen molar-refractivity contribution < 1.29 is 14.0 Å². The highest BCUT2D eigenvalue weighted by Crippen LogP contribution is 2.27. The number of hydrogen-bond acceptors (Lipinski definition) is 3. The van der Waals surface area contributed by atoms with E-state index in [9.17, 15) is 9.59 Å². The van der Waals surface area contributed by atoms with Crippen LogP contribution < -0.4 is 5.32 Å². The third-order valence-electron chi connectivity index (χ3n) is 4.46. The summed E-state index contributed by atoms with van der Waals surface area (Å²) >= 11 is 3.42. The summed E-state index contributed by atoms with van der Waals surface area (Å²) < 4.78 is 6.59. The molecule has 140 valence electrons. The third kappa shape index (κ3) is 4.39. The molecule has 1 aromatic heterocycles. The quantitative estimate of drug-likeness (QED) is 0.636. The molecule has 0 aliphatic rings. The maximum atomic E-state index is 12.5. The lowest BCUT2D eigenvalue weighted by Crippen LogP contribution is -2.39. The molecule has 0 bridgehead atoms. The molecule has 2 aromatic carbocycles. The van der Waals surface area contributed by atoms with Crippen molar-refractivity contribution in [2.75, 3.05) is 13.1 Å². The van der Waals surface area contributed by atoms with E-state index in [0.29, 0.717) is 18.7 Å². The zero-order valence-electron chi connectivity index (χ0n) is 15.3. The van der Waals surface area contributed by atoms with E-state index in [-0.39, 0.29) is 24.1 Å². The van der Waals surface area contributed by atoms with Crippen LogP contribution in [0.25, 0.3) is 11.0 Å². The van der Waals surface area contributed by atoms with Crippen molar-refractivity contribution in [2.45, 2.75) is 20.4 Å². The second-order valence-electron chi connectivity index (χ2n) is 6.27. The van der Waals surface area contributed by atoms with Crippen molar-refractivity contribution in [3.8, 4) is 0 Å². The Morgan fingerprint density at radius 1 is 1.15 bits per heavy atom. The fourth-order valence-electron chi connectivity index (χ4n) is 2.94. The maximum Gasteiger partial charge on any atom is 0.287 e. The molecule has 6 heteroatoms. The summed E-state index contributed by atoms with van der Waals surface area (Å²) in [6, 6.07) is 15.4. The van der Waals surface area contributed by atoms with Gasteiger partial charge in [0.25, 0.3) is 5.91 Å². The first-order chi connectivity index (χ1) is 13.0. The number of hydrogen-bond donors (Lipinski definition) is 1. The van der Waals surface area contributed by atoms with Crippen LogP contribution >= 0.6 is 15.9 Å². The summed E-state index contributed by atoms with van der Waals surface area (Å²) in [5.74, 6) is -0.280. The fraction of sp³-hybridized carbons (Fsp3) is 0.238. The number of rotatable bonds is 6. The Balaban J connectivity index is 1.66. The zero-order chi connectivity index (χ0) is 19.4. The molecule has 1 N–H and O–H groups in total. The molecule has 0 aliphatic carbocycles. The van der Waals surface area contributed by atoms with Gasteiger partial charge >= 0.3 is 0 Å². The van der Waals surface area contributed by atoms with E-state index in [1.807, 2.05) is 62.4 Å². The topological polar surface area (TPSA) is 62.6 Å². The second-order valence-corrected chi connectivity index (χ2v) is 7.19.